The lowest BCUT2D eigenvalue weighted by atomic mass is 10.3. The van der Waals surface area contributed by atoms with Crippen molar-refractivity contribution in [3.63, 3.8) is 0 Å². The van der Waals surface area contributed by atoms with Crippen molar-refractivity contribution < 1.29 is 9.53 Å². The maximum absolute atomic E-state index is 11.9. The highest BCUT2D eigenvalue weighted by Crippen LogP contribution is 2.14. The smallest absolute Gasteiger partial charge is 0.224 e. The van der Waals surface area contributed by atoms with Gasteiger partial charge in [0.2, 0.25) is 5.91 Å². The molecule has 0 aromatic carbocycles. The van der Waals surface area contributed by atoms with Gasteiger partial charge in [0.05, 0.1) is 30.8 Å². The third-order valence-corrected chi connectivity index (χ3v) is 2.87. The van der Waals surface area contributed by atoms with Crippen molar-refractivity contribution in [3.05, 3.63) is 18.5 Å². The first-order valence-corrected chi connectivity index (χ1v) is 6.06. The molecule has 0 aliphatic carbocycles. The molecule has 3 N–H and O–H groups in total. The lowest BCUT2D eigenvalue weighted by molar-refractivity contribution is -0.134. The van der Waals surface area contributed by atoms with E-state index in [4.69, 9.17) is 10.5 Å². The van der Waals surface area contributed by atoms with Gasteiger partial charge in [0.15, 0.2) is 0 Å². The molecule has 6 heteroatoms. The lowest BCUT2D eigenvalue weighted by Gasteiger charge is -2.26. The van der Waals surface area contributed by atoms with Gasteiger partial charge in [-0.1, -0.05) is 0 Å². The summed E-state index contributed by atoms with van der Waals surface area (Å²) in [5.41, 5.74) is 7.16. The monoisotopic (exact) mass is 250 g/mol. The fraction of sp³-hybridized carbons (Fsp3) is 0.500. The van der Waals surface area contributed by atoms with Gasteiger partial charge in [-0.2, -0.15) is 0 Å². The van der Waals surface area contributed by atoms with E-state index in [-0.39, 0.29) is 5.91 Å². The Balaban J connectivity index is 1.75. The molecule has 1 aromatic heterocycles. The number of ether oxygens (including phenoxy) is 1. The summed E-state index contributed by atoms with van der Waals surface area (Å²) in [5.74, 6) is 0.151. The van der Waals surface area contributed by atoms with E-state index in [0.717, 1.165) is 5.69 Å². The van der Waals surface area contributed by atoms with Crippen LogP contribution in [0, 0.1) is 0 Å². The second-order valence-electron chi connectivity index (χ2n) is 4.13. The van der Waals surface area contributed by atoms with Crippen LogP contribution in [0.2, 0.25) is 0 Å². The number of amides is 1. The van der Waals surface area contributed by atoms with Gasteiger partial charge < -0.3 is 20.7 Å². The van der Waals surface area contributed by atoms with E-state index in [2.05, 4.69) is 10.3 Å². The number of nitrogens with one attached hydrogen (secondary N) is 1. The Morgan fingerprint density at radius 3 is 3.00 bits per heavy atom. The van der Waals surface area contributed by atoms with Gasteiger partial charge in [0.1, 0.15) is 0 Å². The number of hydrogen-bond acceptors (Lipinski definition) is 5. The molecule has 2 rings (SSSR count). The molecule has 1 saturated heterocycles. The minimum atomic E-state index is 0.151. The fourth-order valence-corrected chi connectivity index (χ4v) is 1.84. The number of nitrogens with two attached hydrogens (primary N) is 1. The molecule has 1 amide bonds. The van der Waals surface area contributed by atoms with E-state index in [9.17, 15) is 4.79 Å². The molecular formula is C12H18N4O2. The maximum Gasteiger partial charge on any atom is 0.224 e. The number of pyridine rings is 1. The summed E-state index contributed by atoms with van der Waals surface area (Å²) < 4.78 is 5.21. The Bertz CT molecular complexity index is 405. The summed E-state index contributed by atoms with van der Waals surface area (Å²) in [6, 6.07) is 1.80. The number of rotatable bonds is 4. The van der Waals surface area contributed by atoms with Gasteiger partial charge in [-0.15, -0.1) is 0 Å². The van der Waals surface area contributed by atoms with Crippen molar-refractivity contribution in [3.8, 4) is 0 Å². The molecule has 0 unspecified atom stereocenters. The largest absolute Gasteiger partial charge is 0.396 e. The second kappa shape index (κ2) is 6.20. The van der Waals surface area contributed by atoms with E-state index >= 15 is 0 Å². The van der Waals surface area contributed by atoms with E-state index in [0.29, 0.717) is 45.0 Å². The van der Waals surface area contributed by atoms with Crippen LogP contribution in [0.15, 0.2) is 18.5 Å². The van der Waals surface area contributed by atoms with Gasteiger partial charge in [-0.3, -0.25) is 9.78 Å². The standard InChI is InChI=1S/C12H18N4O2/c13-10-9-14-3-1-11(10)15-4-2-12(17)16-5-7-18-8-6-16/h1,3,9H,2,4-8,13H2,(H,14,15). The fourth-order valence-electron chi connectivity index (χ4n) is 1.84. The second-order valence-corrected chi connectivity index (χ2v) is 4.13. The van der Waals surface area contributed by atoms with E-state index in [1.165, 1.54) is 0 Å². The normalized spacial score (nSPS) is 15.4. The minimum absolute atomic E-state index is 0.151. The molecule has 0 saturated carbocycles. The van der Waals surface area contributed by atoms with Crippen LogP contribution < -0.4 is 11.1 Å². The number of morpholine rings is 1. The highest BCUT2D eigenvalue weighted by atomic mass is 16.5. The topological polar surface area (TPSA) is 80.5 Å². The van der Waals surface area contributed by atoms with Crippen LogP contribution >= 0.6 is 0 Å². The summed E-state index contributed by atoms with van der Waals surface area (Å²) >= 11 is 0. The van der Waals surface area contributed by atoms with Crippen LogP contribution in [0.5, 0.6) is 0 Å². The maximum atomic E-state index is 11.9. The van der Waals surface area contributed by atoms with Gasteiger partial charge in [0.25, 0.3) is 0 Å². The average molecular weight is 250 g/mol. The molecule has 0 radical (unpaired) electrons. The van der Waals surface area contributed by atoms with Gasteiger partial charge >= 0.3 is 0 Å². The van der Waals surface area contributed by atoms with Crippen molar-refractivity contribution in [1.29, 1.82) is 0 Å². The molecule has 2 heterocycles. The Morgan fingerprint density at radius 1 is 1.50 bits per heavy atom. The average Bonchev–Trinajstić information content (AvgIpc) is 2.42. The molecule has 1 fully saturated rings. The van der Waals surface area contributed by atoms with Crippen molar-refractivity contribution in [2.75, 3.05) is 43.9 Å². The number of hydrogen-bond donors (Lipinski definition) is 2. The van der Waals surface area contributed by atoms with Crippen LogP contribution in [0.1, 0.15) is 6.42 Å². The van der Waals surface area contributed by atoms with Crippen LogP contribution in [0.3, 0.4) is 0 Å². The van der Waals surface area contributed by atoms with Crippen LogP contribution in [-0.2, 0) is 9.53 Å². The summed E-state index contributed by atoms with van der Waals surface area (Å²) in [4.78, 5) is 17.6. The zero-order valence-electron chi connectivity index (χ0n) is 10.3. The Hall–Kier alpha value is -1.82. The number of nitrogens with zero attached hydrogens (tertiary/aromatic N) is 2. The van der Waals surface area contributed by atoms with Crippen LogP contribution in [0.4, 0.5) is 11.4 Å². The van der Waals surface area contributed by atoms with Crippen molar-refractivity contribution in [2.45, 2.75) is 6.42 Å². The molecule has 18 heavy (non-hydrogen) atoms. The van der Waals surface area contributed by atoms with Crippen LogP contribution in [-0.4, -0.2) is 48.6 Å². The molecule has 1 aromatic rings. The predicted molar refractivity (Wildman–Crippen MR) is 69.2 cm³/mol. The number of anilines is 2. The van der Waals surface area contributed by atoms with Gasteiger partial charge in [0, 0.05) is 32.3 Å². The highest BCUT2D eigenvalue weighted by Gasteiger charge is 2.15. The van der Waals surface area contributed by atoms with Gasteiger partial charge in [-0.25, -0.2) is 0 Å². The highest BCUT2D eigenvalue weighted by molar-refractivity contribution is 5.77. The number of carbonyl (C=O) groups is 1. The molecule has 0 spiro atoms. The third-order valence-electron chi connectivity index (χ3n) is 2.87. The van der Waals surface area contributed by atoms with Crippen molar-refractivity contribution in [2.24, 2.45) is 0 Å². The Labute approximate surface area is 106 Å². The summed E-state index contributed by atoms with van der Waals surface area (Å²) in [6.07, 6.45) is 3.72. The zero-order valence-corrected chi connectivity index (χ0v) is 10.3. The lowest BCUT2D eigenvalue weighted by Crippen LogP contribution is -2.41. The molecular weight excluding hydrogens is 232 g/mol. The van der Waals surface area contributed by atoms with Crippen molar-refractivity contribution >= 4 is 17.3 Å². The molecule has 98 valence electrons. The van der Waals surface area contributed by atoms with E-state index < -0.39 is 0 Å². The molecule has 0 bridgehead atoms. The summed E-state index contributed by atoms with van der Waals surface area (Å²) in [6.45, 7) is 3.23. The van der Waals surface area contributed by atoms with E-state index in [1.807, 2.05) is 4.90 Å². The summed E-state index contributed by atoms with van der Waals surface area (Å²) in [7, 11) is 0. The van der Waals surface area contributed by atoms with Gasteiger partial charge in [-0.05, 0) is 6.07 Å². The quantitative estimate of drug-likeness (QED) is 0.804. The first kappa shape index (κ1) is 12.6. The summed E-state index contributed by atoms with van der Waals surface area (Å²) in [5, 5.41) is 3.14. The first-order valence-electron chi connectivity index (χ1n) is 6.06. The number of carbonyl (C=O) groups excluding carboxylic acids is 1. The first-order chi connectivity index (χ1) is 8.77. The Morgan fingerprint density at radius 2 is 2.28 bits per heavy atom. The predicted octanol–water partition coefficient (Wildman–Crippen LogP) is 0.325. The van der Waals surface area contributed by atoms with Crippen LogP contribution in [0.25, 0.3) is 0 Å². The van der Waals surface area contributed by atoms with Crippen molar-refractivity contribution in [1.82, 2.24) is 9.88 Å². The Kier molecular flexibility index (Phi) is 4.35. The van der Waals surface area contributed by atoms with E-state index in [1.54, 1.807) is 18.5 Å². The third kappa shape index (κ3) is 3.33. The molecule has 1 aliphatic heterocycles. The molecule has 1 aliphatic rings. The minimum Gasteiger partial charge on any atom is -0.396 e. The number of nitrogen functional groups attached to an aromatic ring is 1. The number of aromatic nitrogens is 1. The zero-order chi connectivity index (χ0) is 12.8. The molecule has 0 atom stereocenters. The SMILES string of the molecule is Nc1cnccc1NCCC(=O)N1CCOCC1. The molecule has 6 nitrogen and oxygen atoms in total.